The van der Waals surface area contributed by atoms with Gasteiger partial charge in [-0.2, -0.15) is 0 Å². The van der Waals surface area contributed by atoms with Crippen molar-refractivity contribution in [2.24, 2.45) is 0 Å². The standard InChI is InChI=1S/C13H10Cl2N2S/c14-11-5-4-10(12(15)9-11)6-8-18-17-13-3-1-2-7-16-13/h1-9H,(H,16,17)/b8-6+. The Morgan fingerprint density at radius 2 is 2.06 bits per heavy atom. The van der Waals surface area contributed by atoms with Crippen LogP contribution in [-0.4, -0.2) is 4.98 Å². The molecule has 0 radical (unpaired) electrons. The predicted molar refractivity (Wildman–Crippen MR) is 80.9 cm³/mol. The second kappa shape index (κ2) is 6.69. The van der Waals surface area contributed by atoms with E-state index in [0.717, 1.165) is 11.4 Å². The average molecular weight is 297 g/mol. The summed E-state index contributed by atoms with van der Waals surface area (Å²) in [5.41, 5.74) is 0.927. The van der Waals surface area contributed by atoms with Gasteiger partial charge < -0.3 is 4.72 Å². The highest BCUT2D eigenvalue weighted by Gasteiger charge is 1.97. The lowest BCUT2D eigenvalue weighted by Gasteiger charge is -2.00. The van der Waals surface area contributed by atoms with E-state index < -0.39 is 0 Å². The van der Waals surface area contributed by atoms with Crippen LogP contribution in [0.1, 0.15) is 5.56 Å². The minimum atomic E-state index is 0.636. The van der Waals surface area contributed by atoms with E-state index in [-0.39, 0.29) is 0 Å². The van der Waals surface area contributed by atoms with Crippen LogP contribution in [0, 0.1) is 0 Å². The summed E-state index contributed by atoms with van der Waals surface area (Å²) in [6.07, 6.45) is 3.65. The topological polar surface area (TPSA) is 24.9 Å². The molecule has 1 aromatic carbocycles. The lowest BCUT2D eigenvalue weighted by atomic mass is 10.2. The van der Waals surface area contributed by atoms with Gasteiger partial charge in [-0.25, -0.2) is 4.98 Å². The van der Waals surface area contributed by atoms with E-state index in [2.05, 4.69) is 9.71 Å². The van der Waals surface area contributed by atoms with Gasteiger partial charge in [-0.05, 0) is 53.3 Å². The number of hydrogen-bond donors (Lipinski definition) is 1. The lowest BCUT2D eigenvalue weighted by molar-refractivity contribution is 1.34. The summed E-state index contributed by atoms with van der Waals surface area (Å²) in [4.78, 5) is 4.14. The molecule has 5 heteroatoms. The fraction of sp³-hybridized carbons (Fsp3) is 0. The maximum atomic E-state index is 6.05. The van der Waals surface area contributed by atoms with E-state index >= 15 is 0 Å². The van der Waals surface area contributed by atoms with Gasteiger partial charge in [0, 0.05) is 16.2 Å². The molecule has 2 nitrogen and oxygen atoms in total. The summed E-state index contributed by atoms with van der Waals surface area (Å²) in [5, 5.41) is 3.18. The van der Waals surface area contributed by atoms with Gasteiger partial charge in [0.2, 0.25) is 0 Å². The van der Waals surface area contributed by atoms with Gasteiger partial charge in [0.05, 0.1) is 0 Å². The zero-order chi connectivity index (χ0) is 12.8. The molecule has 92 valence electrons. The zero-order valence-electron chi connectivity index (χ0n) is 9.31. The van der Waals surface area contributed by atoms with Gasteiger partial charge in [-0.3, -0.25) is 0 Å². The van der Waals surface area contributed by atoms with Gasteiger partial charge in [-0.15, -0.1) is 0 Å². The Labute approximate surface area is 120 Å². The SMILES string of the molecule is Clc1ccc(/C=C/SNc2ccccn2)c(Cl)c1. The van der Waals surface area contributed by atoms with Crippen LogP contribution in [0.25, 0.3) is 6.08 Å². The van der Waals surface area contributed by atoms with E-state index in [1.807, 2.05) is 41.8 Å². The third kappa shape index (κ3) is 3.95. The van der Waals surface area contributed by atoms with Gasteiger partial charge in [-0.1, -0.05) is 35.3 Å². The van der Waals surface area contributed by atoms with Crippen molar-refractivity contribution < 1.29 is 0 Å². The van der Waals surface area contributed by atoms with Crippen LogP contribution in [0.15, 0.2) is 48.0 Å². The molecule has 2 rings (SSSR count). The number of benzene rings is 1. The van der Waals surface area contributed by atoms with Crippen LogP contribution in [0.5, 0.6) is 0 Å². The summed E-state index contributed by atoms with van der Waals surface area (Å²) < 4.78 is 3.10. The van der Waals surface area contributed by atoms with Crippen LogP contribution < -0.4 is 4.72 Å². The van der Waals surface area contributed by atoms with Crippen LogP contribution in [0.3, 0.4) is 0 Å². The van der Waals surface area contributed by atoms with E-state index in [1.54, 1.807) is 12.3 Å². The molecular formula is C13H10Cl2N2S. The Kier molecular flexibility index (Phi) is 4.93. The maximum absolute atomic E-state index is 6.05. The Balaban J connectivity index is 1.92. The molecule has 0 saturated heterocycles. The van der Waals surface area contributed by atoms with Crippen LogP contribution in [0.2, 0.25) is 10.0 Å². The normalized spacial score (nSPS) is 10.8. The molecule has 0 bridgehead atoms. The number of anilines is 1. The molecule has 0 aliphatic rings. The number of halogens is 2. The van der Waals surface area contributed by atoms with Gasteiger partial charge >= 0.3 is 0 Å². The van der Waals surface area contributed by atoms with E-state index in [1.165, 1.54) is 11.9 Å². The second-order valence-corrected chi connectivity index (χ2v) is 4.96. The van der Waals surface area contributed by atoms with Crippen molar-refractivity contribution in [3.63, 3.8) is 0 Å². The molecule has 0 amide bonds. The summed E-state index contributed by atoms with van der Waals surface area (Å²) in [7, 11) is 0. The first-order valence-corrected chi connectivity index (χ1v) is 6.83. The van der Waals surface area contributed by atoms with Crippen molar-refractivity contribution in [2.75, 3.05) is 4.72 Å². The van der Waals surface area contributed by atoms with E-state index in [9.17, 15) is 0 Å². The molecule has 0 unspecified atom stereocenters. The number of nitrogens with one attached hydrogen (secondary N) is 1. The molecule has 0 fully saturated rings. The minimum Gasteiger partial charge on any atom is -0.311 e. The first kappa shape index (κ1) is 13.3. The van der Waals surface area contributed by atoms with Gasteiger partial charge in [0.25, 0.3) is 0 Å². The van der Waals surface area contributed by atoms with Gasteiger partial charge in [0.1, 0.15) is 5.82 Å². The molecule has 1 N–H and O–H groups in total. The molecule has 18 heavy (non-hydrogen) atoms. The monoisotopic (exact) mass is 296 g/mol. The largest absolute Gasteiger partial charge is 0.311 e. The Hall–Kier alpha value is -1.16. The first-order chi connectivity index (χ1) is 8.75. The van der Waals surface area contributed by atoms with Crippen molar-refractivity contribution in [3.8, 4) is 0 Å². The zero-order valence-corrected chi connectivity index (χ0v) is 11.6. The molecule has 0 saturated carbocycles. The lowest BCUT2D eigenvalue weighted by Crippen LogP contribution is -1.86. The van der Waals surface area contributed by atoms with Crippen LogP contribution in [0.4, 0.5) is 5.82 Å². The molecule has 1 heterocycles. The number of aromatic nitrogens is 1. The average Bonchev–Trinajstić information content (AvgIpc) is 2.38. The number of pyridine rings is 1. The first-order valence-electron chi connectivity index (χ1n) is 5.20. The van der Waals surface area contributed by atoms with Crippen LogP contribution in [-0.2, 0) is 0 Å². The summed E-state index contributed by atoms with van der Waals surface area (Å²) >= 11 is 13.3. The molecule has 1 aromatic heterocycles. The molecular weight excluding hydrogens is 287 g/mol. The fourth-order valence-corrected chi connectivity index (χ4v) is 2.26. The third-order valence-corrected chi connectivity index (χ3v) is 3.27. The smallest absolute Gasteiger partial charge is 0.135 e. The van der Waals surface area contributed by atoms with Gasteiger partial charge in [0.15, 0.2) is 0 Å². The molecule has 0 atom stereocenters. The predicted octanol–water partition coefficient (Wildman–Crippen LogP) is 5.12. The molecule has 0 aliphatic carbocycles. The fourth-order valence-electron chi connectivity index (χ4n) is 1.26. The Bertz CT molecular complexity index is 544. The minimum absolute atomic E-state index is 0.636. The molecule has 2 aromatic rings. The second-order valence-electron chi connectivity index (χ2n) is 3.40. The molecule has 0 aliphatic heterocycles. The highest BCUT2D eigenvalue weighted by atomic mass is 35.5. The van der Waals surface area contributed by atoms with Crippen molar-refractivity contribution in [1.82, 2.24) is 4.98 Å². The highest BCUT2D eigenvalue weighted by Crippen LogP contribution is 2.23. The summed E-state index contributed by atoms with van der Waals surface area (Å²) in [6, 6.07) is 11.1. The Morgan fingerprint density at radius 3 is 2.78 bits per heavy atom. The van der Waals surface area contributed by atoms with E-state index in [0.29, 0.717) is 10.0 Å². The summed E-state index contributed by atoms with van der Waals surface area (Å²) in [5.74, 6) is 0.814. The highest BCUT2D eigenvalue weighted by molar-refractivity contribution is 8.03. The maximum Gasteiger partial charge on any atom is 0.135 e. The Morgan fingerprint density at radius 1 is 1.17 bits per heavy atom. The number of rotatable bonds is 4. The van der Waals surface area contributed by atoms with Crippen molar-refractivity contribution in [3.05, 3.63) is 63.6 Å². The van der Waals surface area contributed by atoms with Crippen molar-refractivity contribution in [2.45, 2.75) is 0 Å². The number of nitrogens with zero attached hydrogens (tertiary/aromatic N) is 1. The number of hydrogen-bond acceptors (Lipinski definition) is 3. The summed E-state index contributed by atoms with van der Waals surface area (Å²) in [6.45, 7) is 0. The molecule has 0 spiro atoms. The quantitative estimate of drug-likeness (QED) is 0.793. The van der Waals surface area contributed by atoms with Crippen molar-refractivity contribution in [1.29, 1.82) is 0 Å². The van der Waals surface area contributed by atoms with E-state index in [4.69, 9.17) is 23.2 Å². The van der Waals surface area contributed by atoms with Crippen LogP contribution >= 0.6 is 35.1 Å². The third-order valence-electron chi connectivity index (χ3n) is 2.11. The van der Waals surface area contributed by atoms with Crippen molar-refractivity contribution >= 4 is 47.0 Å².